The maximum Gasteiger partial charge on any atom is 0.179 e. The van der Waals surface area contributed by atoms with Gasteiger partial charge in [0, 0.05) is 65.6 Å². The van der Waals surface area contributed by atoms with E-state index in [9.17, 15) is 5.26 Å². The summed E-state index contributed by atoms with van der Waals surface area (Å²) in [6, 6.07) is 154. The summed E-state index contributed by atoms with van der Waals surface area (Å²) in [6.07, 6.45) is 0. The third-order valence-corrected chi connectivity index (χ3v) is 27.0. The van der Waals surface area contributed by atoms with Gasteiger partial charge < -0.3 is 18.3 Å². The Bertz CT molecular complexity index is 7010. The lowest BCUT2D eigenvalue weighted by Gasteiger charge is -2.34. The molecule has 0 spiro atoms. The molecule has 0 aliphatic carbocycles. The van der Waals surface area contributed by atoms with Gasteiger partial charge in [-0.1, -0.05) is 303 Å². The predicted octanol–water partition coefficient (Wildman–Crippen LogP) is 23.7. The van der Waals surface area contributed by atoms with Crippen molar-refractivity contribution in [3.8, 4) is 73.3 Å². The Balaban J connectivity index is 0.000000150. The molecule has 17 aromatic carbocycles. The maximum atomic E-state index is 9.56. The summed E-state index contributed by atoms with van der Waals surface area (Å²) >= 11 is 0. The van der Waals surface area contributed by atoms with Crippen LogP contribution in [0.5, 0.6) is 0 Å². The molecule has 0 amide bonds. The third-order valence-electron chi connectivity index (χ3n) is 22.2. The monoisotopic (exact) mass is 1400 g/mol. The Hall–Kier alpha value is -14.4. The molecule has 21 aromatic rings. The molecule has 0 fully saturated rings. The van der Waals surface area contributed by atoms with Crippen LogP contribution in [-0.2, 0) is 0 Å². The predicted molar refractivity (Wildman–Crippen MR) is 460 cm³/mol. The van der Waals surface area contributed by atoms with E-state index in [1.165, 1.54) is 153 Å². The molecule has 0 N–H and O–H groups in total. The number of aromatic nitrogens is 4. The van der Waals surface area contributed by atoms with Gasteiger partial charge in [-0.3, -0.25) is 0 Å². The van der Waals surface area contributed by atoms with Gasteiger partial charge in [0.15, 0.2) is 8.07 Å². The molecule has 109 heavy (non-hydrogen) atoms. The minimum Gasteiger partial charge on any atom is -0.309 e. The summed E-state index contributed by atoms with van der Waals surface area (Å²) in [5.41, 5.74) is 24.1. The lowest BCUT2D eigenvalue weighted by atomic mass is 10.0. The molecule has 6 heteroatoms. The zero-order valence-electron chi connectivity index (χ0n) is 59.6. The second kappa shape index (κ2) is 27.0. The molecule has 0 saturated carbocycles. The highest BCUT2D eigenvalue weighted by Crippen LogP contribution is 2.43. The molecule has 21 rings (SSSR count). The molecule has 0 bridgehead atoms. The van der Waals surface area contributed by atoms with Gasteiger partial charge in [0.05, 0.1) is 67.1 Å². The van der Waals surface area contributed by atoms with Crippen LogP contribution in [0.2, 0.25) is 0 Å². The number of hydrogen-bond acceptors (Lipinski definition) is 1. The zero-order chi connectivity index (χ0) is 72.4. The fourth-order valence-electron chi connectivity index (χ4n) is 17.4. The van der Waals surface area contributed by atoms with Crippen molar-refractivity contribution in [2.24, 2.45) is 0 Å². The number of benzene rings is 17. The standard InChI is InChI=1S/C60H42N2Si.C43H27N3/c1-5-20-43(21-6-1)51-30-13-16-33-56(51)62-58-35-18-15-32-53(58)55-41-45(37-39-60(55)62)44-36-38-59-54(40-44)52-31-14-17-34-57(52)61(59)46-22-19-29-50(42-46)63(47-23-7-2-8-24-47,48-25-9-3-10-26-48)49-27-11-4-12-28-49;44-28-29-11-10-14-33(25-29)45-40-19-8-5-16-35(40)37-26-31(21-23-42(37)45)32-22-24-43-38(27-32)36-17-6-9-20-41(36)46(43)39-18-7-4-15-34(39)30-12-2-1-3-13-30/h1-42H;1-27H. The first-order valence-corrected chi connectivity index (χ1v) is 39.3. The van der Waals surface area contributed by atoms with Crippen LogP contribution in [0.3, 0.4) is 0 Å². The maximum absolute atomic E-state index is 9.56. The Labute approximate surface area is 632 Å². The fraction of sp³-hybridized carbons (Fsp3) is 0. The first-order chi connectivity index (χ1) is 54.0. The van der Waals surface area contributed by atoms with E-state index >= 15 is 0 Å². The van der Waals surface area contributed by atoms with Crippen molar-refractivity contribution in [1.29, 1.82) is 5.26 Å². The molecular weight excluding hydrogens is 1340 g/mol. The van der Waals surface area contributed by atoms with E-state index in [1.807, 2.05) is 18.2 Å². The van der Waals surface area contributed by atoms with Crippen LogP contribution in [0.25, 0.3) is 154 Å². The summed E-state index contributed by atoms with van der Waals surface area (Å²) in [7, 11) is -2.73. The number of rotatable bonds is 12. The smallest absolute Gasteiger partial charge is 0.179 e. The molecule has 0 unspecified atom stereocenters. The number of hydrogen-bond donors (Lipinski definition) is 0. The van der Waals surface area contributed by atoms with Crippen molar-refractivity contribution in [2.45, 2.75) is 0 Å². The van der Waals surface area contributed by atoms with Crippen molar-refractivity contribution in [3.63, 3.8) is 0 Å². The van der Waals surface area contributed by atoms with Gasteiger partial charge in [0.25, 0.3) is 0 Å². The number of nitriles is 1. The van der Waals surface area contributed by atoms with Crippen LogP contribution in [0, 0.1) is 11.3 Å². The first-order valence-electron chi connectivity index (χ1n) is 37.3. The van der Waals surface area contributed by atoms with E-state index in [-0.39, 0.29) is 0 Å². The molecule has 0 saturated heterocycles. The largest absolute Gasteiger partial charge is 0.309 e. The Kier molecular flexibility index (Phi) is 15.9. The van der Waals surface area contributed by atoms with Crippen molar-refractivity contribution in [2.75, 3.05) is 0 Å². The van der Waals surface area contributed by atoms with E-state index < -0.39 is 8.07 Å². The molecule has 4 heterocycles. The van der Waals surface area contributed by atoms with E-state index in [1.54, 1.807) is 0 Å². The average Bonchev–Trinajstić information content (AvgIpc) is 1.59. The molecule has 4 aromatic heterocycles. The van der Waals surface area contributed by atoms with Crippen LogP contribution in [-0.4, -0.2) is 26.3 Å². The van der Waals surface area contributed by atoms with Gasteiger partial charge in [-0.15, -0.1) is 0 Å². The molecular formula is C103H69N5Si. The molecule has 510 valence electrons. The molecule has 0 radical (unpaired) electrons. The summed E-state index contributed by atoms with van der Waals surface area (Å²) in [5.74, 6) is 0. The minimum absolute atomic E-state index is 0.652. The summed E-state index contributed by atoms with van der Waals surface area (Å²) in [5, 5.41) is 24.8. The van der Waals surface area contributed by atoms with E-state index in [4.69, 9.17) is 0 Å². The van der Waals surface area contributed by atoms with Crippen LogP contribution in [0.15, 0.2) is 419 Å². The fourth-order valence-corrected chi connectivity index (χ4v) is 22.2. The van der Waals surface area contributed by atoms with Crippen LogP contribution in [0.4, 0.5) is 0 Å². The highest BCUT2D eigenvalue weighted by molar-refractivity contribution is 7.20. The third kappa shape index (κ3) is 10.8. The van der Waals surface area contributed by atoms with Crippen LogP contribution in [0.1, 0.15) is 5.56 Å². The summed E-state index contributed by atoms with van der Waals surface area (Å²) < 4.78 is 9.57. The lowest BCUT2D eigenvalue weighted by Crippen LogP contribution is -2.74. The van der Waals surface area contributed by atoms with Gasteiger partial charge >= 0.3 is 0 Å². The molecule has 5 nitrogen and oxygen atoms in total. The SMILES string of the molecule is N#Cc1cccc(-n2c3ccccc3c3cc(-c4ccc5c(c4)c4ccccc4n5-c4ccccc4-c4ccccc4)ccc32)c1.c1ccc(-c2ccccc2-n2c3ccccc3c3cc(-c4ccc5c(c4)c4ccccc4n5-c4cccc([Si](c5ccccc5)(c5ccccc5)c5ccccc5)c4)ccc32)cc1. The Morgan fingerprint density at radius 2 is 0.477 bits per heavy atom. The molecule has 0 atom stereocenters. The quantitative estimate of drug-likeness (QED) is 0.0888. The lowest BCUT2D eigenvalue weighted by molar-refractivity contribution is 1.18. The topological polar surface area (TPSA) is 43.5 Å². The van der Waals surface area contributed by atoms with E-state index in [0.717, 1.165) is 22.4 Å². The van der Waals surface area contributed by atoms with Crippen molar-refractivity contribution in [1.82, 2.24) is 18.3 Å². The average molecular weight is 1400 g/mol. The van der Waals surface area contributed by atoms with Crippen LogP contribution < -0.4 is 20.7 Å². The Morgan fingerprint density at radius 1 is 0.193 bits per heavy atom. The second-order valence-electron chi connectivity index (χ2n) is 28.2. The van der Waals surface area contributed by atoms with Crippen molar-refractivity contribution >= 4 is 116 Å². The van der Waals surface area contributed by atoms with Gasteiger partial charge in [-0.25, -0.2) is 0 Å². The van der Waals surface area contributed by atoms with Gasteiger partial charge in [0.1, 0.15) is 0 Å². The van der Waals surface area contributed by atoms with Gasteiger partial charge in [0.2, 0.25) is 0 Å². The van der Waals surface area contributed by atoms with Gasteiger partial charge in [-0.05, 0) is 169 Å². The van der Waals surface area contributed by atoms with E-state index in [2.05, 4.69) is 425 Å². The first kappa shape index (κ1) is 64.3. The highest BCUT2D eigenvalue weighted by atomic mass is 28.3. The summed E-state index contributed by atoms with van der Waals surface area (Å²) in [4.78, 5) is 0. The number of fused-ring (bicyclic) bond motifs is 12. The number of nitrogens with zero attached hydrogens (tertiary/aromatic N) is 5. The Morgan fingerprint density at radius 3 is 0.853 bits per heavy atom. The summed E-state index contributed by atoms with van der Waals surface area (Å²) in [6.45, 7) is 0. The normalized spacial score (nSPS) is 11.7. The van der Waals surface area contributed by atoms with Crippen LogP contribution >= 0.6 is 0 Å². The second-order valence-corrected chi connectivity index (χ2v) is 32.0. The molecule has 0 aliphatic heterocycles. The van der Waals surface area contributed by atoms with Gasteiger partial charge in [-0.2, -0.15) is 5.26 Å². The van der Waals surface area contributed by atoms with E-state index in [0.29, 0.717) is 5.56 Å². The number of para-hydroxylation sites is 6. The molecule has 0 aliphatic rings. The van der Waals surface area contributed by atoms with Crippen molar-refractivity contribution < 1.29 is 0 Å². The highest BCUT2D eigenvalue weighted by Gasteiger charge is 2.41. The minimum atomic E-state index is -2.73. The zero-order valence-corrected chi connectivity index (χ0v) is 60.6. The van der Waals surface area contributed by atoms with Crippen molar-refractivity contribution in [3.05, 3.63) is 424 Å².